The molecule has 0 bridgehead atoms. The Morgan fingerprint density at radius 3 is 2.55 bits per heavy atom. The van der Waals surface area contributed by atoms with Gasteiger partial charge >= 0.3 is 7.12 Å². The van der Waals surface area contributed by atoms with Crippen LogP contribution in [0.3, 0.4) is 0 Å². The third kappa shape index (κ3) is 4.68. The summed E-state index contributed by atoms with van der Waals surface area (Å²) in [4.78, 5) is 22.9. The molecule has 0 N–H and O–H groups in total. The lowest BCUT2D eigenvalue weighted by Gasteiger charge is -2.13. The van der Waals surface area contributed by atoms with Gasteiger partial charge in [0, 0.05) is 20.0 Å². The molecule has 2 rings (SSSR count). The molecule has 0 aromatic heterocycles. The normalized spacial score (nSPS) is 21.0. The summed E-state index contributed by atoms with van der Waals surface area (Å²) in [6, 6.07) is 9.46. The Bertz CT molecular complexity index is 519. The van der Waals surface area contributed by atoms with Crippen LogP contribution >= 0.6 is 0 Å². The molecular formula is C16H21BO5. The Morgan fingerprint density at radius 1 is 1.27 bits per heavy atom. The quantitative estimate of drug-likeness (QED) is 0.545. The van der Waals surface area contributed by atoms with Crippen molar-refractivity contribution in [1.29, 1.82) is 0 Å². The van der Waals surface area contributed by atoms with Crippen molar-refractivity contribution < 1.29 is 23.6 Å². The zero-order chi connectivity index (χ0) is 16.1. The second kappa shape index (κ2) is 7.56. The highest BCUT2D eigenvalue weighted by Gasteiger charge is 2.53. The lowest BCUT2D eigenvalue weighted by Crippen LogP contribution is -2.32. The smallest absolute Gasteiger partial charge is 0.508 e. The zero-order valence-corrected chi connectivity index (χ0v) is 13.2. The largest absolute Gasteiger partial charge is 0.561 e. The second-order valence-corrected chi connectivity index (χ2v) is 5.74. The van der Waals surface area contributed by atoms with Crippen LogP contribution in [0.4, 0.5) is 0 Å². The first kappa shape index (κ1) is 16.7. The molecule has 5 nitrogen and oxygen atoms in total. The van der Waals surface area contributed by atoms with Crippen molar-refractivity contribution in [2.45, 2.75) is 38.8 Å². The minimum Gasteiger partial charge on any atom is -0.508 e. The van der Waals surface area contributed by atoms with Crippen LogP contribution in [0.25, 0.3) is 0 Å². The lowest BCUT2D eigenvalue weighted by atomic mass is 9.80. The number of hydrogen-bond acceptors (Lipinski definition) is 5. The summed E-state index contributed by atoms with van der Waals surface area (Å²) in [7, 11) is 0.767. The molecule has 1 aromatic carbocycles. The molecule has 1 aromatic rings. The molecule has 118 valence electrons. The highest BCUT2D eigenvalue weighted by Crippen LogP contribution is 2.40. The summed E-state index contributed by atoms with van der Waals surface area (Å²) in [5.41, 5.74) is 1.04. The van der Waals surface area contributed by atoms with E-state index in [2.05, 4.69) is 0 Å². The number of epoxide rings is 1. The predicted molar refractivity (Wildman–Crippen MR) is 82.0 cm³/mol. The van der Waals surface area contributed by atoms with E-state index in [1.807, 2.05) is 37.3 Å². The van der Waals surface area contributed by atoms with Crippen molar-refractivity contribution in [2.75, 3.05) is 7.11 Å². The van der Waals surface area contributed by atoms with Crippen molar-refractivity contribution in [1.82, 2.24) is 0 Å². The van der Waals surface area contributed by atoms with E-state index in [9.17, 15) is 9.59 Å². The lowest BCUT2D eigenvalue weighted by molar-refractivity contribution is -0.137. The third-order valence-corrected chi connectivity index (χ3v) is 3.55. The van der Waals surface area contributed by atoms with Crippen LogP contribution in [0, 0.1) is 5.92 Å². The molecule has 0 spiro atoms. The van der Waals surface area contributed by atoms with Crippen molar-refractivity contribution in [3.8, 4) is 0 Å². The summed E-state index contributed by atoms with van der Waals surface area (Å²) < 4.78 is 16.1. The number of hydrogen-bond donors (Lipinski definition) is 0. The van der Waals surface area contributed by atoms with Crippen molar-refractivity contribution in [3.63, 3.8) is 0 Å². The van der Waals surface area contributed by atoms with Crippen LogP contribution in [0.5, 0.6) is 0 Å². The third-order valence-electron chi connectivity index (χ3n) is 3.55. The van der Waals surface area contributed by atoms with E-state index in [4.69, 9.17) is 14.0 Å². The van der Waals surface area contributed by atoms with Crippen LogP contribution in [-0.4, -0.2) is 32.0 Å². The zero-order valence-electron chi connectivity index (χ0n) is 13.2. The summed E-state index contributed by atoms with van der Waals surface area (Å²) in [6.07, 6.45) is 0.468. The number of rotatable bonds is 8. The molecule has 1 aliphatic heterocycles. The van der Waals surface area contributed by atoms with E-state index in [0.29, 0.717) is 6.42 Å². The molecule has 0 aliphatic carbocycles. The standard InChI is InChI=1S/C16H21BO5/c1-11(9-12(2)18)10-14(19)22-17(20-3)16-15(21-16)13-7-5-4-6-8-13/h4-8,11,15-16H,9-10H2,1-3H3. The molecular weight excluding hydrogens is 283 g/mol. The van der Waals surface area contributed by atoms with Gasteiger partial charge in [-0.15, -0.1) is 0 Å². The maximum absolute atomic E-state index is 11.9. The van der Waals surface area contributed by atoms with E-state index in [1.54, 1.807) is 0 Å². The fraction of sp³-hybridized carbons (Fsp3) is 0.500. The van der Waals surface area contributed by atoms with Gasteiger partial charge in [-0.3, -0.25) is 4.79 Å². The summed E-state index contributed by atoms with van der Waals surface area (Å²) in [5.74, 6) is -0.339. The first-order valence-corrected chi connectivity index (χ1v) is 7.43. The predicted octanol–water partition coefficient (Wildman–Crippen LogP) is 2.35. The molecule has 1 aliphatic rings. The summed E-state index contributed by atoms with van der Waals surface area (Å²) >= 11 is 0. The Hall–Kier alpha value is -1.66. The maximum Gasteiger partial charge on any atom is 0.561 e. The Morgan fingerprint density at radius 2 is 1.95 bits per heavy atom. The molecule has 0 radical (unpaired) electrons. The number of carbonyl (C=O) groups excluding carboxylic acids is 2. The van der Waals surface area contributed by atoms with Gasteiger partial charge in [-0.25, -0.2) is 0 Å². The first-order chi connectivity index (χ1) is 10.5. The molecule has 1 heterocycles. The van der Waals surface area contributed by atoms with Crippen LogP contribution in [-0.2, 0) is 23.6 Å². The second-order valence-electron chi connectivity index (χ2n) is 5.74. The van der Waals surface area contributed by atoms with Gasteiger partial charge in [0.15, 0.2) is 0 Å². The van der Waals surface area contributed by atoms with E-state index < -0.39 is 7.12 Å². The number of carbonyl (C=O) groups is 2. The monoisotopic (exact) mass is 304 g/mol. The van der Waals surface area contributed by atoms with Gasteiger partial charge in [0.1, 0.15) is 17.9 Å². The number of benzene rings is 1. The van der Waals surface area contributed by atoms with Crippen LogP contribution < -0.4 is 0 Å². The fourth-order valence-corrected chi connectivity index (χ4v) is 2.52. The van der Waals surface area contributed by atoms with Gasteiger partial charge in [-0.05, 0) is 18.4 Å². The van der Waals surface area contributed by atoms with E-state index in [0.717, 1.165) is 5.56 Å². The van der Waals surface area contributed by atoms with Crippen molar-refractivity contribution >= 4 is 18.9 Å². The minimum absolute atomic E-state index is 0.0347. The molecule has 0 amide bonds. The van der Waals surface area contributed by atoms with Gasteiger partial charge in [-0.1, -0.05) is 37.3 Å². The van der Waals surface area contributed by atoms with Crippen LogP contribution in [0.15, 0.2) is 30.3 Å². The topological polar surface area (TPSA) is 65.1 Å². The van der Waals surface area contributed by atoms with Gasteiger partial charge in [0.05, 0.1) is 0 Å². The van der Waals surface area contributed by atoms with Crippen molar-refractivity contribution in [2.24, 2.45) is 5.92 Å². The highest BCUT2D eigenvalue weighted by molar-refractivity contribution is 6.49. The molecule has 0 saturated carbocycles. The number of ketones is 1. The highest BCUT2D eigenvalue weighted by atomic mass is 16.7. The molecule has 6 heteroatoms. The Labute approximate surface area is 131 Å². The average Bonchev–Trinajstić information content (AvgIpc) is 3.25. The van der Waals surface area contributed by atoms with Gasteiger partial charge < -0.3 is 18.8 Å². The summed E-state index contributed by atoms with van der Waals surface area (Å²) in [6.45, 7) is 3.37. The van der Waals surface area contributed by atoms with Crippen LogP contribution in [0.1, 0.15) is 38.4 Å². The molecule has 1 saturated heterocycles. The minimum atomic E-state index is -0.720. The van der Waals surface area contributed by atoms with E-state index in [1.165, 1.54) is 14.0 Å². The molecule has 1 fully saturated rings. The maximum atomic E-state index is 11.9. The number of Topliss-reactive ketones (excluding diaryl/α,β-unsaturated/α-hetero) is 1. The van der Waals surface area contributed by atoms with E-state index >= 15 is 0 Å². The Kier molecular flexibility index (Phi) is 5.74. The fourth-order valence-electron chi connectivity index (χ4n) is 2.52. The molecule has 22 heavy (non-hydrogen) atoms. The van der Waals surface area contributed by atoms with Gasteiger partial charge in [-0.2, -0.15) is 0 Å². The van der Waals surface area contributed by atoms with Crippen molar-refractivity contribution in [3.05, 3.63) is 35.9 Å². The van der Waals surface area contributed by atoms with E-state index in [-0.39, 0.29) is 36.2 Å². The number of ether oxygens (including phenoxy) is 1. The average molecular weight is 304 g/mol. The Balaban J connectivity index is 1.83. The SMILES string of the molecule is COB(OC(=O)CC(C)CC(C)=O)C1OC1c1ccccc1. The molecule has 3 unspecified atom stereocenters. The van der Waals surface area contributed by atoms with Crippen LogP contribution in [0.2, 0.25) is 0 Å². The first-order valence-electron chi connectivity index (χ1n) is 7.43. The summed E-state index contributed by atoms with van der Waals surface area (Å²) in [5, 5.41) is 0. The van der Waals surface area contributed by atoms with Gasteiger partial charge in [0.25, 0.3) is 5.97 Å². The molecule has 3 atom stereocenters. The van der Waals surface area contributed by atoms with Gasteiger partial charge in [0.2, 0.25) is 0 Å².